The van der Waals surface area contributed by atoms with Gasteiger partial charge in [0, 0.05) is 19.5 Å². The van der Waals surface area contributed by atoms with Gasteiger partial charge >= 0.3 is 6.18 Å². The molecule has 3 nitrogen and oxygen atoms in total. The van der Waals surface area contributed by atoms with Crippen LogP contribution in [0.2, 0.25) is 0 Å². The Labute approximate surface area is 105 Å². The zero-order chi connectivity index (χ0) is 13.8. The predicted octanol–water partition coefficient (Wildman–Crippen LogP) is 2.98. The Morgan fingerprint density at radius 2 is 2.11 bits per heavy atom. The molecule has 1 rings (SSSR count). The van der Waals surface area contributed by atoms with Crippen molar-refractivity contribution in [1.29, 1.82) is 0 Å². The third-order valence-corrected chi connectivity index (χ3v) is 2.99. The SMILES string of the molecule is CCc1cc(C(CCCC(F)(F)F)NC)n(C)n1. The first kappa shape index (κ1) is 15.0. The predicted molar refractivity (Wildman–Crippen MR) is 64.3 cm³/mol. The van der Waals surface area contributed by atoms with Gasteiger partial charge in [0.1, 0.15) is 0 Å². The van der Waals surface area contributed by atoms with E-state index in [4.69, 9.17) is 0 Å². The molecule has 0 saturated carbocycles. The Hall–Kier alpha value is -1.04. The molecular weight excluding hydrogens is 243 g/mol. The van der Waals surface area contributed by atoms with Crippen LogP contribution in [0.5, 0.6) is 0 Å². The van der Waals surface area contributed by atoms with Gasteiger partial charge in [-0.15, -0.1) is 0 Å². The first-order valence-electron chi connectivity index (χ1n) is 6.14. The highest BCUT2D eigenvalue weighted by Gasteiger charge is 2.27. The minimum atomic E-state index is -4.07. The average molecular weight is 263 g/mol. The molecule has 0 fully saturated rings. The molecule has 0 aliphatic heterocycles. The van der Waals surface area contributed by atoms with Gasteiger partial charge in [0.25, 0.3) is 0 Å². The Morgan fingerprint density at radius 3 is 2.56 bits per heavy atom. The van der Waals surface area contributed by atoms with Gasteiger partial charge in [-0.3, -0.25) is 4.68 Å². The Kier molecular flexibility index (Phi) is 5.19. The maximum atomic E-state index is 12.1. The summed E-state index contributed by atoms with van der Waals surface area (Å²) in [7, 11) is 3.58. The van der Waals surface area contributed by atoms with E-state index in [0.29, 0.717) is 6.42 Å². The molecule has 1 unspecified atom stereocenters. The van der Waals surface area contributed by atoms with Gasteiger partial charge in [0.2, 0.25) is 0 Å². The number of nitrogens with one attached hydrogen (secondary N) is 1. The third-order valence-electron chi connectivity index (χ3n) is 2.99. The monoisotopic (exact) mass is 263 g/mol. The zero-order valence-electron chi connectivity index (χ0n) is 11.0. The van der Waals surface area contributed by atoms with Crippen molar-refractivity contribution in [2.75, 3.05) is 7.05 Å². The lowest BCUT2D eigenvalue weighted by Gasteiger charge is -2.16. The summed E-state index contributed by atoms with van der Waals surface area (Å²) in [5.74, 6) is 0. The van der Waals surface area contributed by atoms with Crippen LogP contribution in [-0.4, -0.2) is 23.0 Å². The van der Waals surface area contributed by atoms with Crippen LogP contribution in [-0.2, 0) is 13.5 Å². The first-order chi connectivity index (χ1) is 8.37. The van der Waals surface area contributed by atoms with Crippen LogP contribution in [0.15, 0.2) is 6.07 Å². The molecule has 0 aliphatic carbocycles. The topological polar surface area (TPSA) is 29.9 Å². The molecule has 0 bridgehead atoms. The first-order valence-corrected chi connectivity index (χ1v) is 6.14. The molecular formula is C12H20F3N3. The maximum absolute atomic E-state index is 12.1. The van der Waals surface area contributed by atoms with Gasteiger partial charge in [-0.25, -0.2) is 0 Å². The highest BCUT2D eigenvalue weighted by atomic mass is 19.4. The number of nitrogens with zero attached hydrogens (tertiary/aromatic N) is 2. The molecule has 0 amide bonds. The number of hydrogen-bond donors (Lipinski definition) is 1. The van der Waals surface area contributed by atoms with Crippen LogP contribution >= 0.6 is 0 Å². The Bertz CT molecular complexity index is 371. The summed E-state index contributed by atoms with van der Waals surface area (Å²) in [5.41, 5.74) is 1.90. The fourth-order valence-corrected chi connectivity index (χ4v) is 1.99. The summed E-state index contributed by atoms with van der Waals surface area (Å²) >= 11 is 0. The summed E-state index contributed by atoms with van der Waals surface area (Å²) in [5, 5.41) is 7.36. The molecule has 0 radical (unpaired) electrons. The quantitative estimate of drug-likeness (QED) is 0.855. The van der Waals surface area contributed by atoms with Crippen molar-refractivity contribution in [1.82, 2.24) is 15.1 Å². The average Bonchev–Trinajstić information content (AvgIpc) is 2.65. The van der Waals surface area contributed by atoms with Crippen molar-refractivity contribution in [3.63, 3.8) is 0 Å². The van der Waals surface area contributed by atoms with Crippen molar-refractivity contribution in [2.24, 2.45) is 7.05 Å². The van der Waals surface area contributed by atoms with Gasteiger partial charge in [-0.1, -0.05) is 6.92 Å². The van der Waals surface area contributed by atoms with Gasteiger partial charge < -0.3 is 5.32 Å². The second-order valence-corrected chi connectivity index (χ2v) is 4.39. The van der Waals surface area contributed by atoms with E-state index in [2.05, 4.69) is 10.4 Å². The molecule has 1 heterocycles. The van der Waals surface area contributed by atoms with Gasteiger partial charge in [-0.05, 0) is 32.4 Å². The van der Waals surface area contributed by atoms with E-state index in [1.54, 1.807) is 11.7 Å². The van der Waals surface area contributed by atoms with Gasteiger partial charge in [0.15, 0.2) is 0 Å². The van der Waals surface area contributed by atoms with E-state index in [1.165, 1.54) is 0 Å². The lowest BCUT2D eigenvalue weighted by atomic mass is 10.1. The minimum absolute atomic E-state index is 0.0786. The van der Waals surface area contributed by atoms with Crippen molar-refractivity contribution >= 4 is 0 Å². The van der Waals surface area contributed by atoms with Crippen molar-refractivity contribution in [2.45, 2.75) is 44.8 Å². The number of alkyl halides is 3. The summed E-state index contributed by atoms with van der Waals surface area (Å²) in [4.78, 5) is 0. The molecule has 1 N–H and O–H groups in total. The van der Waals surface area contributed by atoms with Crippen molar-refractivity contribution < 1.29 is 13.2 Å². The van der Waals surface area contributed by atoms with Gasteiger partial charge in [0.05, 0.1) is 11.4 Å². The summed E-state index contributed by atoms with van der Waals surface area (Å²) in [6, 6.07) is 1.87. The van der Waals surface area contributed by atoms with Crippen LogP contribution in [0.3, 0.4) is 0 Å². The molecule has 1 aromatic rings. The smallest absolute Gasteiger partial charge is 0.312 e. The fourth-order valence-electron chi connectivity index (χ4n) is 1.99. The number of aromatic nitrogens is 2. The molecule has 0 saturated heterocycles. The van der Waals surface area contributed by atoms with Gasteiger partial charge in [-0.2, -0.15) is 18.3 Å². The van der Waals surface area contributed by atoms with E-state index >= 15 is 0 Å². The lowest BCUT2D eigenvalue weighted by molar-refractivity contribution is -0.135. The third kappa shape index (κ3) is 4.33. The van der Waals surface area contributed by atoms with E-state index in [0.717, 1.165) is 17.8 Å². The maximum Gasteiger partial charge on any atom is 0.389 e. The summed E-state index contributed by atoms with van der Waals surface area (Å²) in [6.07, 6.45) is -3.39. The number of rotatable bonds is 6. The lowest BCUT2D eigenvalue weighted by Crippen LogP contribution is -2.20. The molecule has 0 aromatic carbocycles. The fraction of sp³-hybridized carbons (Fsp3) is 0.750. The molecule has 104 valence electrons. The normalized spacial score (nSPS) is 13.9. The second kappa shape index (κ2) is 6.22. The van der Waals surface area contributed by atoms with Crippen molar-refractivity contribution in [3.8, 4) is 0 Å². The number of halogens is 3. The highest BCUT2D eigenvalue weighted by Crippen LogP contribution is 2.26. The Morgan fingerprint density at radius 1 is 1.44 bits per heavy atom. The minimum Gasteiger partial charge on any atom is -0.312 e. The van der Waals surface area contributed by atoms with Crippen LogP contribution in [0.1, 0.15) is 43.6 Å². The highest BCUT2D eigenvalue weighted by molar-refractivity contribution is 5.14. The molecule has 18 heavy (non-hydrogen) atoms. The van der Waals surface area contributed by atoms with Crippen LogP contribution in [0.4, 0.5) is 13.2 Å². The van der Waals surface area contributed by atoms with E-state index in [-0.39, 0.29) is 12.5 Å². The molecule has 6 heteroatoms. The Balaban J connectivity index is 2.62. The molecule has 1 aromatic heterocycles. The van der Waals surface area contributed by atoms with Crippen LogP contribution in [0.25, 0.3) is 0 Å². The van der Waals surface area contributed by atoms with E-state index in [9.17, 15) is 13.2 Å². The summed E-state index contributed by atoms with van der Waals surface area (Å²) in [6.45, 7) is 2.00. The van der Waals surface area contributed by atoms with Crippen molar-refractivity contribution in [3.05, 3.63) is 17.5 Å². The standard InChI is InChI=1S/C12H20F3N3/c1-4-9-8-11(18(3)17-9)10(16-2)6-5-7-12(13,14)15/h8,10,16H,4-7H2,1-3H3. The van der Waals surface area contributed by atoms with Crippen LogP contribution < -0.4 is 5.32 Å². The molecule has 0 spiro atoms. The zero-order valence-corrected chi connectivity index (χ0v) is 11.0. The largest absolute Gasteiger partial charge is 0.389 e. The van der Waals surface area contributed by atoms with E-state index in [1.807, 2.05) is 20.0 Å². The van der Waals surface area contributed by atoms with E-state index < -0.39 is 12.6 Å². The molecule has 0 aliphatic rings. The number of hydrogen-bond acceptors (Lipinski definition) is 2. The second-order valence-electron chi connectivity index (χ2n) is 4.39. The molecule has 1 atom stereocenters. The summed E-state index contributed by atoms with van der Waals surface area (Å²) < 4.78 is 38.1. The van der Waals surface area contributed by atoms with Crippen LogP contribution in [0, 0.1) is 0 Å². The number of aryl methyl sites for hydroxylation is 2.